The molecular weight excluding hydrogens is 400 g/mol. The third kappa shape index (κ3) is 4.13. The summed E-state index contributed by atoms with van der Waals surface area (Å²) in [6, 6.07) is 11.4. The van der Waals surface area contributed by atoms with Crippen LogP contribution in [0.5, 0.6) is 11.5 Å². The highest BCUT2D eigenvalue weighted by molar-refractivity contribution is 7.22. The number of rotatable bonds is 7. The van der Waals surface area contributed by atoms with Gasteiger partial charge in [-0.05, 0) is 43.0 Å². The number of aryl methyl sites for hydroxylation is 1. The molecular formula is C23H26N2O4S. The van der Waals surface area contributed by atoms with Crippen molar-refractivity contribution in [2.45, 2.75) is 32.3 Å². The van der Waals surface area contributed by atoms with Crippen molar-refractivity contribution < 1.29 is 19.0 Å². The molecule has 30 heavy (non-hydrogen) atoms. The molecule has 0 saturated carbocycles. The summed E-state index contributed by atoms with van der Waals surface area (Å²) in [5, 5.41) is 0.688. The molecule has 4 rings (SSSR count). The molecule has 1 aromatic heterocycles. The van der Waals surface area contributed by atoms with Crippen molar-refractivity contribution in [1.82, 2.24) is 4.98 Å². The van der Waals surface area contributed by atoms with Crippen LogP contribution in [0.15, 0.2) is 36.4 Å². The Kier molecular flexibility index (Phi) is 6.20. The molecule has 2 heterocycles. The molecule has 1 aliphatic heterocycles. The molecule has 0 spiro atoms. The summed E-state index contributed by atoms with van der Waals surface area (Å²) in [6.45, 7) is 3.32. The number of anilines is 1. The summed E-state index contributed by atoms with van der Waals surface area (Å²) in [5.41, 5.74) is 2.65. The van der Waals surface area contributed by atoms with Crippen molar-refractivity contribution >= 4 is 32.6 Å². The van der Waals surface area contributed by atoms with Gasteiger partial charge < -0.3 is 14.2 Å². The number of amides is 1. The molecule has 0 radical (unpaired) electrons. The van der Waals surface area contributed by atoms with Gasteiger partial charge in [-0.3, -0.25) is 9.69 Å². The molecule has 1 fully saturated rings. The molecule has 1 amide bonds. The van der Waals surface area contributed by atoms with Gasteiger partial charge in [0.15, 0.2) is 5.13 Å². The molecule has 0 bridgehead atoms. The Bertz CT molecular complexity index is 1020. The first-order valence-corrected chi connectivity index (χ1v) is 11.0. The standard InChI is InChI=1S/C23H26N2O4S/c1-4-15-7-5-9-20-21(15)24-23(30-20)25(14-17-8-6-10-29-17)22(26)16-11-18(27-2)13-19(12-16)28-3/h5,7,9,11-13,17H,4,6,8,10,14H2,1-3H3. The van der Waals surface area contributed by atoms with Gasteiger partial charge in [-0.1, -0.05) is 30.4 Å². The number of hydrogen-bond acceptors (Lipinski definition) is 6. The fraction of sp³-hybridized carbons (Fsp3) is 0.391. The summed E-state index contributed by atoms with van der Waals surface area (Å²) in [5.74, 6) is 1.01. The number of para-hydroxylation sites is 1. The van der Waals surface area contributed by atoms with Gasteiger partial charge in [0.25, 0.3) is 5.91 Å². The Morgan fingerprint density at radius 2 is 2.00 bits per heavy atom. The highest BCUT2D eigenvalue weighted by Gasteiger charge is 2.28. The van der Waals surface area contributed by atoms with Crippen LogP contribution in [0, 0.1) is 0 Å². The lowest BCUT2D eigenvalue weighted by Crippen LogP contribution is -2.37. The average Bonchev–Trinajstić information content (AvgIpc) is 3.45. The van der Waals surface area contributed by atoms with E-state index >= 15 is 0 Å². The lowest BCUT2D eigenvalue weighted by Gasteiger charge is -2.23. The Labute approximate surface area is 180 Å². The predicted molar refractivity (Wildman–Crippen MR) is 119 cm³/mol. The fourth-order valence-electron chi connectivity index (χ4n) is 3.72. The fourth-order valence-corrected chi connectivity index (χ4v) is 4.74. The molecule has 1 atom stereocenters. The summed E-state index contributed by atoms with van der Waals surface area (Å²) in [4.78, 5) is 20.2. The van der Waals surface area contributed by atoms with Crippen LogP contribution in [0.25, 0.3) is 10.2 Å². The van der Waals surface area contributed by atoms with Gasteiger partial charge in [0.05, 0.1) is 37.1 Å². The minimum atomic E-state index is -0.139. The van der Waals surface area contributed by atoms with E-state index in [1.165, 1.54) is 16.9 Å². The zero-order valence-electron chi connectivity index (χ0n) is 17.5. The van der Waals surface area contributed by atoms with E-state index in [9.17, 15) is 4.79 Å². The topological polar surface area (TPSA) is 60.9 Å². The highest BCUT2D eigenvalue weighted by Crippen LogP contribution is 2.33. The van der Waals surface area contributed by atoms with Crippen LogP contribution in [-0.4, -0.2) is 44.4 Å². The number of thiazole rings is 1. The summed E-state index contributed by atoms with van der Waals surface area (Å²) < 4.78 is 17.6. The summed E-state index contributed by atoms with van der Waals surface area (Å²) in [7, 11) is 3.15. The third-order valence-electron chi connectivity index (χ3n) is 5.36. The Balaban J connectivity index is 1.75. The van der Waals surface area contributed by atoms with Crippen molar-refractivity contribution in [3.8, 4) is 11.5 Å². The van der Waals surface area contributed by atoms with Crippen LogP contribution in [0.1, 0.15) is 35.7 Å². The van der Waals surface area contributed by atoms with Crippen molar-refractivity contribution in [2.24, 2.45) is 0 Å². The zero-order valence-corrected chi connectivity index (χ0v) is 18.3. The number of benzene rings is 2. The first-order valence-electron chi connectivity index (χ1n) is 10.2. The van der Waals surface area contributed by atoms with Crippen molar-refractivity contribution in [3.63, 3.8) is 0 Å². The quantitative estimate of drug-likeness (QED) is 0.548. The SMILES string of the molecule is CCc1cccc2sc(N(CC3CCCO3)C(=O)c3cc(OC)cc(OC)c3)nc12. The first kappa shape index (κ1) is 20.6. The van der Waals surface area contributed by atoms with E-state index in [2.05, 4.69) is 19.1 Å². The number of ether oxygens (including phenoxy) is 3. The van der Waals surface area contributed by atoms with E-state index in [1.807, 2.05) is 6.07 Å². The first-order chi connectivity index (χ1) is 14.6. The van der Waals surface area contributed by atoms with Gasteiger partial charge >= 0.3 is 0 Å². The molecule has 3 aromatic rings. The molecule has 1 unspecified atom stereocenters. The second-order valence-corrected chi connectivity index (χ2v) is 8.28. The van der Waals surface area contributed by atoms with E-state index in [0.717, 1.165) is 36.1 Å². The smallest absolute Gasteiger partial charge is 0.260 e. The van der Waals surface area contributed by atoms with Crippen LogP contribution in [-0.2, 0) is 11.2 Å². The number of nitrogens with zero attached hydrogens (tertiary/aromatic N) is 2. The van der Waals surface area contributed by atoms with E-state index in [-0.39, 0.29) is 12.0 Å². The van der Waals surface area contributed by atoms with Crippen LogP contribution in [0.4, 0.5) is 5.13 Å². The lowest BCUT2D eigenvalue weighted by atomic mass is 10.1. The van der Waals surface area contributed by atoms with Crippen LogP contribution < -0.4 is 14.4 Å². The maximum atomic E-state index is 13.6. The Morgan fingerprint density at radius 1 is 1.23 bits per heavy atom. The summed E-state index contributed by atoms with van der Waals surface area (Å²) >= 11 is 1.54. The number of carbonyl (C=O) groups excluding carboxylic acids is 1. The molecule has 0 N–H and O–H groups in total. The number of carbonyl (C=O) groups is 1. The Morgan fingerprint density at radius 3 is 2.63 bits per heavy atom. The van der Waals surface area contributed by atoms with Crippen LogP contribution >= 0.6 is 11.3 Å². The molecule has 7 heteroatoms. The van der Waals surface area contributed by atoms with Crippen molar-refractivity contribution in [3.05, 3.63) is 47.5 Å². The molecule has 2 aromatic carbocycles. The number of hydrogen-bond donors (Lipinski definition) is 0. The average molecular weight is 427 g/mol. The highest BCUT2D eigenvalue weighted by atomic mass is 32.1. The van der Waals surface area contributed by atoms with Crippen molar-refractivity contribution in [2.75, 3.05) is 32.3 Å². The van der Waals surface area contributed by atoms with Gasteiger partial charge in [-0.2, -0.15) is 0 Å². The second-order valence-electron chi connectivity index (χ2n) is 7.27. The van der Waals surface area contributed by atoms with Gasteiger partial charge in [-0.25, -0.2) is 4.98 Å². The largest absolute Gasteiger partial charge is 0.497 e. The number of methoxy groups -OCH3 is 2. The van der Waals surface area contributed by atoms with E-state index in [4.69, 9.17) is 19.2 Å². The molecule has 6 nitrogen and oxygen atoms in total. The lowest BCUT2D eigenvalue weighted by molar-refractivity contribution is 0.0917. The minimum absolute atomic E-state index is 0.0131. The predicted octanol–water partition coefficient (Wildman–Crippen LogP) is 4.70. The maximum absolute atomic E-state index is 13.6. The number of aromatic nitrogens is 1. The normalized spacial score (nSPS) is 16.0. The molecule has 1 saturated heterocycles. The van der Waals surface area contributed by atoms with Crippen LogP contribution in [0.2, 0.25) is 0 Å². The molecule has 158 valence electrons. The minimum Gasteiger partial charge on any atom is -0.497 e. The number of fused-ring (bicyclic) bond motifs is 1. The van der Waals surface area contributed by atoms with Gasteiger partial charge in [0, 0.05) is 18.2 Å². The van der Waals surface area contributed by atoms with Crippen molar-refractivity contribution in [1.29, 1.82) is 0 Å². The molecule has 0 aliphatic carbocycles. The summed E-state index contributed by atoms with van der Waals surface area (Å²) in [6.07, 6.45) is 2.86. The monoisotopic (exact) mass is 426 g/mol. The van der Waals surface area contributed by atoms with E-state index in [0.29, 0.717) is 28.7 Å². The maximum Gasteiger partial charge on any atom is 0.260 e. The van der Waals surface area contributed by atoms with E-state index < -0.39 is 0 Å². The van der Waals surface area contributed by atoms with Crippen LogP contribution in [0.3, 0.4) is 0 Å². The molecule has 1 aliphatic rings. The van der Waals surface area contributed by atoms with Gasteiger partial charge in [-0.15, -0.1) is 0 Å². The second kappa shape index (κ2) is 9.02. The Hall–Kier alpha value is -2.64. The third-order valence-corrected chi connectivity index (χ3v) is 6.40. The van der Waals surface area contributed by atoms with Gasteiger partial charge in [0.1, 0.15) is 11.5 Å². The van der Waals surface area contributed by atoms with E-state index in [1.54, 1.807) is 37.3 Å². The zero-order chi connectivity index (χ0) is 21.1. The van der Waals surface area contributed by atoms with Gasteiger partial charge in [0.2, 0.25) is 0 Å².